The van der Waals surface area contributed by atoms with Gasteiger partial charge in [0, 0.05) is 44.4 Å². The minimum Gasteiger partial charge on any atom is -0.384 e. The number of anilines is 1. The van der Waals surface area contributed by atoms with Crippen LogP contribution in [0.5, 0.6) is 0 Å². The highest BCUT2D eigenvalue weighted by Gasteiger charge is 2.52. The summed E-state index contributed by atoms with van der Waals surface area (Å²) < 4.78 is 30.9. The largest absolute Gasteiger partial charge is 0.384 e. The van der Waals surface area contributed by atoms with Crippen molar-refractivity contribution in [2.75, 3.05) is 51.5 Å². The van der Waals surface area contributed by atoms with Crippen molar-refractivity contribution in [2.24, 2.45) is 11.3 Å². The Hall–Kier alpha value is -1.64. The first-order chi connectivity index (χ1) is 11.8. The van der Waals surface area contributed by atoms with Gasteiger partial charge in [-0.3, -0.25) is 0 Å². The minimum atomic E-state index is -3.24. The quantitative estimate of drug-likeness (QED) is 0.874. The topological polar surface area (TPSA) is 79.0 Å². The van der Waals surface area contributed by atoms with Crippen LogP contribution in [0.3, 0.4) is 0 Å². The monoisotopic (exact) mass is 367 g/mol. The molecule has 3 rings (SSSR count). The zero-order valence-corrected chi connectivity index (χ0v) is 15.5. The van der Waals surface area contributed by atoms with Crippen LogP contribution >= 0.6 is 0 Å². The van der Waals surface area contributed by atoms with Crippen molar-refractivity contribution in [2.45, 2.75) is 6.42 Å². The fourth-order valence-corrected chi connectivity index (χ4v) is 4.86. The number of amides is 2. The van der Waals surface area contributed by atoms with E-state index in [4.69, 9.17) is 4.74 Å². The van der Waals surface area contributed by atoms with E-state index in [1.165, 1.54) is 10.6 Å². The Bertz CT molecular complexity index is 725. The Kier molecular flexibility index (Phi) is 5.04. The molecule has 1 aromatic carbocycles. The van der Waals surface area contributed by atoms with Crippen molar-refractivity contribution in [1.82, 2.24) is 9.21 Å². The number of nitrogens with one attached hydrogen (secondary N) is 1. The second kappa shape index (κ2) is 6.93. The molecule has 2 aliphatic rings. The van der Waals surface area contributed by atoms with Gasteiger partial charge < -0.3 is 15.0 Å². The molecule has 8 heteroatoms. The molecule has 0 aliphatic carbocycles. The van der Waals surface area contributed by atoms with E-state index in [9.17, 15) is 13.2 Å². The van der Waals surface area contributed by atoms with Crippen molar-refractivity contribution in [3.8, 4) is 0 Å². The Balaban J connectivity index is 1.71. The molecule has 2 saturated heterocycles. The minimum absolute atomic E-state index is 0.0810. The number of urea groups is 1. The number of carbonyl (C=O) groups is 1. The Morgan fingerprint density at radius 2 is 2.04 bits per heavy atom. The van der Waals surface area contributed by atoms with E-state index in [0.717, 1.165) is 12.1 Å². The van der Waals surface area contributed by atoms with Crippen LogP contribution in [-0.2, 0) is 14.8 Å². The smallest absolute Gasteiger partial charge is 0.321 e. The number of ether oxygens (including phenoxy) is 1. The molecule has 2 heterocycles. The van der Waals surface area contributed by atoms with Gasteiger partial charge in [0.15, 0.2) is 0 Å². The van der Waals surface area contributed by atoms with Crippen molar-refractivity contribution in [3.05, 3.63) is 30.3 Å². The van der Waals surface area contributed by atoms with Gasteiger partial charge in [-0.1, -0.05) is 18.2 Å². The van der Waals surface area contributed by atoms with E-state index in [-0.39, 0.29) is 17.4 Å². The summed E-state index contributed by atoms with van der Waals surface area (Å²) in [5.74, 6) is 0.0810. The molecular weight excluding hydrogens is 342 g/mol. The van der Waals surface area contributed by atoms with Crippen molar-refractivity contribution < 1.29 is 17.9 Å². The number of para-hydroxylation sites is 1. The molecule has 0 spiro atoms. The first-order valence-corrected chi connectivity index (χ1v) is 10.2. The molecule has 0 bridgehead atoms. The number of fused-ring (bicyclic) bond motifs is 1. The third-order valence-electron chi connectivity index (χ3n) is 5.31. The molecule has 2 aliphatic heterocycles. The molecule has 7 nitrogen and oxygen atoms in total. The number of rotatable bonds is 4. The van der Waals surface area contributed by atoms with E-state index < -0.39 is 10.0 Å². The third-order valence-corrected chi connectivity index (χ3v) is 6.53. The summed E-state index contributed by atoms with van der Waals surface area (Å²) >= 11 is 0. The lowest BCUT2D eigenvalue weighted by Gasteiger charge is -2.43. The molecule has 0 unspecified atom stereocenters. The van der Waals surface area contributed by atoms with Crippen LogP contribution in [0.1, 0.15) is 6.42 Å². The van der Waals surface area contributed by atoms with Gasteiger partial charge in [-0.2, -0.15) is 0 Å². The van der Waals surface area contributed by atoms with Crippen LogP contribution in [0, 0.1) is 11.3 Å². The van der Waals surface area contributed by atoms with Crippen LogP contribution in [0.2, 0.25) is 0 Å². The maximum atomic E-state index is 12.5. The van der Waals surface area contributed by atoms with Crippen molar-refractivity contribution in [1.29, 1.82) is 0 Å². The molecule has 2 atom stereocenters. The van der Waals surface area contributed by atoms with Gasteiger partial charge >= 0.3 is 6.03 Å². The third kappa shape index (κ3) is 3.80. The second-order valence-corrected chi connectivity index (χ2v) is 9.02. The zero-order chi connectivity index (χ0) is 18.1. The molecule has 0 radical (unpaired) electrons. The predicted molar refractivity (Wildman–Crippen MR) is 95.9 cm³/mol. The fraction of sp³-hybridized carbons (Fsp3) is 0.588. The van der Waals surface area contributed by atoms with Crippen LogP contribution in [0.4, 0.5) is 10.5 Å². The number of piperidine rings is 1. The van der Waals surface area contributed by atoms with Gasteiger partial charge in [-0.15, -0.1) is 0 Å². The highest BCUT2D eigenvalue weighted by molar-refractivity contribution is 7.88. The molecule has 2 amide bonds. The molecule has 0 saturated carbocycles. The second-order valence-electron chi connectivity index (χ2n) is 7.04. The summed E-state index contributed by atoms with van der Waals surface area (Å²) in [4.78, 5) is 14.3. The average Bonchev–Trinajstić information content (AvgIpc) is 2.95. The summed E-state index contributed by atoms with van der Waals surface area (Å²) in [5, 5.41) is 2.90. The maximum Gasteiger partial charge on any atom is 0.321 e. The average molecular weight is 367 g/mol. The molecular formula is C17H25N3O4S. The number of carbonyl (C=O) groups excluding carboxylic acids is 1. The lowest BCUT2D eigenvalue weighted by Crippen LogP contribution is -2.51. The highest BCUT2D eigenvalue weighted by atomic mass is 32.2. The number of hydrogen-bond acceptors (Lipinski definition) is 4. The van der Waals surface area contributed by atoms with Crippen LogP contribution in [-0.4, -0.2) is 69.8 Å². The van der Waals surface area contributed by atoms with Crippen molar-refractivity contribution >= 4 is 21.7 Å². The van der Waals surface area contributed by atoms with Crippen molar-refractivity contribution in [3.63, 3.8) is 0 Å². The van der Waals surface area contributed by atoms with E-state index in [1.54, 1.807) is 12.0 Å². The van der Waals surface area contributed by atoms with Gasteiger partial charge in [0.1, 0.15) is 0 Å². The normalized spacial score (nSPS) is 27.1. The number of methoxy groups -OCH3 is 1. The standard InChI is InChI=1S/C17H25N3O4S/c1-24-13-17-8-9-19(16(21)18-15-6-4-3-5-7-15)10-14(17)11-20(12-17)25(2,22)23/h3-7,14H,8-13H2,1-2H3,(H,18,21)/t14-,17+/m1/s1. The Morgan fingerprint density at radius 3 is 2.68 bits per heavy atom. The van der Waals surface area contributed by atoms with Crippen LogP contribution in [0.25, 0.3) is 0 Å². The van der Waals surface area contributed by atoms with E-state index in [0.29, 0.717) is 32.8 Å². The zero-order valence-electron chi connectivity index (χ0n) is 14.6. The fourth-order valence-electron chi connectivity index (χ4n) is 3.92. The lowest BCUT2D eigenvalue weighted by atomic mass is 9.73. The molecule has 0 aromatic heterocycles. The Labute approximate surface area is 149 Å². The number of sulfonamides is 1. The summed E-state index contributed by atoms with van der Waals surface area (Å²) in [6, 6.07) is 9.19. The molecule has 1 N–H and O–H groups in total. The molecule has 138 valence electrons. The molecule has 25 heavy (non-hydrogen) atoms. The first-order valence-electron chi connectivity index (χ1n) is 8.39. The van der Waals surface area contributed by atoms with Gasteiger partial charge in [-0.25, -0.2) is 17.5 Å². The highest BCUT2D eigenvalue weighted by Crippen LogP contribution is 2.43. The van der Waals surface area contributed by atoms with E-state index in [1.807, 2.05) is 30.3 Å². The summed E-state index contributed by atoms with van der Waals surface area (Å²) in [7, 11) is -1.60. The first kappa shape index (κ1) is 18.2. The lowest BCUT2D eigenvalue weighted by molar-refractivity contribution is 0.0131. The van der Waals surface area contributed by atoms with E-state index >= 15 is 0 Å². The number of nitrogens with zero attached hydrogens (tertiary/aromatic N) is 2. The van der Waals surface area contributed by atoms with Crippen LogP contribution in [0.15, 0.2) is 30.3 Å². The van der Waals surface area contributed by atoms with Gasteiger partial charge in [0.05, 0.1) is 12.9 Å². The SMILES string of the molecule is COC[C@@]12CCN(C(=O)Nc3ccccc3)C[C@@H]1CN(S(C)(=O)=O)C2. The number of hydrogen-bond donors (Lipinski definition) is 1. The van der Waals surface area contributed by atoms with Crippen LogP contribution < -0.4 is 5.32 Å². The summed E-state index contributed by atoms with van der Waals surface area (Å²) in [6.45, 7) is 2.55. The summed E-state index contributed by atoms with van der Waals surface area (Å²) in [5.41, 5.74) is 0.548. The Morgan fingerprint density at radius 1 is 1.32 bits per heavy atom. The molecule has 2 fully saturated rings. The van der Waals surface area contributed by atoms with Gasteiger partial charge in [-0.05, 0) is 24.5 Å². The molecule has 1 aromatic rings. The maximum absolute atomic E-state index is 12.5. The predicted octanol–water partition coefficient (Wildman–Crippen LogP) is 1.45. The number of likely N-dealkylation sites (tertiary alicyclic amines) is 1. The van der Waals surface area contributed by atoms with Gasteiger partial charge in [0.25, 0.3) is 0 Å². The van der Waals surface area contributed by atoms with E-state index in [2.05, 4.69) is 5.32 Å². The van der Waals surface area contributed by atoms with Gasteiger partial charge in [0.2, 0.25) is 10.0 Å². The summed E-state index contributed by atoms with van der Waals surface area (Å²) in [6.07, 6.45) is 1.98. The number of benzene rings is 1.